The van der Waals surface area contributed by atoms with Crippen LogP contribution in [0, 0.1) is 23.7 Å². The first-order valence-corrected chi connectivity index (χ1v) is 32.7. The number of benzene rings is 1. The first-order chi connectivity index (χ1) is 46.3. The molecule has 0 radical (unpaired) electrons. The number of aliphatic hydroxyl groups excluding tert-OH is 3. The van der Waals surface area contributed by atoms with Gasteiger partial charge in [-0.2, -0.15) is 0 Å². The molecule has 99 heavy (non-hydrogen) atoms. The number of hydrogen-bond acceptors (Lipinski definition) is 21. The second kappa shape index (κ2) is 38.9. The molecule has 1 aromatic rings. The Labute approximate surface area is 575 Å². The van der Waals surface area contributed by atoms with Gasteiger partial charge < -0.3 is 103 Å². The van der Waals surface area contributed by atoms with E-state index in [9.17, 15) is 68.7 Å². The number of phenols is 1. The molecule has 0 saturated carbocycles. The molecule has 33 nitrogen and oxygen atoms in total. The third-order valence-electron chi connectivity index (χ3n) is 17.2. The van der Waals surface area contributed by atoms with Crippen molar-refractivity contribution in [2.24, 2.45) is 29.4 Å². The molecule has 2 aliphatic rings. The molecule has 2 saturated heterocycles. The van der Waals surface area contributed by atoms with Crippen molar-refractivity contribution in [3.8, 4) is 11.5 Å². The third kappa shape index (κ3) is 24.1. The Morgan fingerprint density at radius 3 is 2.09 bits per heavy atom. The number of carbonyl (C=O) groups excluding carboxylic acids is 13. The number of primary amides is 1. The standard InChI is InChI=1S/C66H102N12O21/c1-16-33(5)26-34(6)21-24-47(82)66(12,96)65(95)69-30-49(84)74-51(38(10)79)59(89)71-41(17-2)57(87)75-50(35(7)36(8)55(67)85)58(88)76-52-54(32(3)4)99-64(94)44-20-18-19-25-78(44)63(93)42(27-40-22-23-45(81)46(28-40)98-15)72-61(91)53(39(11)80)77(13)62(92)37(9)70-48(83)29-68-56(86)43(31-97-14)73-60(52)90/h17,21-24,26,28,32-33,35-39,42-44,47,50-54,79-82,96H,16,18-20,25,27,29-31H2,1-15H3,(H2,67,85)(H,68,86)(H,69,95)(H,70,83)(H,71,89)(H,72,91)(H,73,90)(H,74,84)(H,75,87)(H,76,88)/b24-21-,34-26+,41-17+/t33?,35-,36+,37-,38-,39-,42-,43?,44-,47?,50-,51+,52+,53?,54?,66?/m0/s1. The van der Waals surface area contributed by atoms with Crippen LogP contribution in [-0.4, -0.2) is 238 Å². The average Bonchev–Trinajstić information content (AvgIpc) is 0.807. The van der Waals surface area contributed by atoms with Crippen LogP contribution < -0.4 is 58.3 Å². The Morgan fingerprint density at radius 2 is 1.52 bits per heavy atom. The number of nitrogens with zero attached hydrogens (tertiary/aromatic N) is 2. The second-order valence-corrected chi connectivity index (χ2v) is 25.5. The molecule has 2 aliphatic heterocycles. The van der Waals surface area contributed by atoms with Gasteiger partial charge in [0.2, 0.25) is 59.1 Å². The molecule has 552 valence electrons. The third-order valence-corrected chi connectivity index (χ3v) is 17.2. The van der Waals surface area contributed by atoms with Crippen LogP contribution in [0.15, 0.2) is 53.8 Å². The Morgan fingerprint density at radius 1 is 0.869 bits per heavy atom. The number of rotatable bonds is 26. The van der Waals surface area contributed by atoms with E-state index in [1.54, 1.807) is 6.92 Å². The largest absolute Gasteiger partial charge is 0.504 e. The van der Waals surface area contributed by atoms with Crippen LogP contribution in [0.5, 0.6) is 11.5 Å². The molecule has 16 N–H and O–H groups in total. The molecular weight excluding hydrogens is 1300 g/mol. The number of allylic oxidation sites excluding steroid dienone is 4. The predicted molar refractivity (Wildman–Crippen MR) is 356 cm³/mol. The average molecular weight is 1400 g/mol. The smallest absolute Gasteiger partial charge is 0.329 e. The summed E-state index contributed by atoms with van der Waals surface area (Å²) in [6.07, 6.45) is -0.00576. The first-order valence-electron chi connectivity index (χ1n) is 32.7. The van der Waals surface area contributed by atoms with Crippen molar-refractivity contribution in [2.75, 3.05) is 47.5 Å². The maximum atomic E-state index is 15.2. The number of methoxy groups -OCH3 is 2. The zero-order valence-corrected chi connectivity index (χ0v) is 58.9. The summed E-state index contributed by atoms with van der Waals surface area (Å²) in [6.45, 7) is 14.8. The van der Waals surface area contributed by atoms with Gasteiger partial charge in [-0.05, 0) is 96.3 Å². The number of hydrogen-bond donors (Lipinski definition) is 15. The van der Waals surface area contributed by atoms with Crippen LogP contribution >= 0.6 is 0 Å². The number of fused-ring (bicyclic) bond motifs is 1. The molecule has 3 rings (SSSR count). The highest BCUT2D eigenvalue weighted by molar-refractivity contribution is 6.03. The number of likely N-dealkylation sites (N-methyl/N-ethyl adjacent to an activating group) is 1. The second-order valence-electron chi connectivity index (χ2n) is 25.5. The highest BCUT2D eigenvalue weighted by Gasteiger charge is 2.46. The Kier molecular flexibility index (Phi) is 33.1. The van der Waals surface area contributed by atoms with Crippen LogP contribution in [-0.2, 0) is 78.2 Å². The normalized spacial score (nSPS) is 23.8. The number of amides is 12. The van der Waals surface area contributed by atoms with Gasteiger partial charge in [0.05, 0.1) is 39.0 Å². The quantitative estimate of drug-likeness (QED) is 0.0246. The molecule has 2 fully saturated rings. The number of aromatic hydroxyl groups is 1. The monoisotopic (exact) mass is 1400 g/mol. The fourth-order valence-electron chi connectivity index (χ4n) is 10.8. The van der Waals surface area contributed by atoms with E-state index in [0.717, 1.165) is 48.8 Å². The van der Waals surface area contributed by atoms with Crippen LogP contribution in [0.2, 0.25) is 0 Å². The Balaban J connectivity index is 2.16. The van der Waals surface area contributed by atoms with Crippen molar-refractivity contribution in [1.82, 2.24) is 57.7 Å². The lowest BCUT2D eigenvalue weighted by molar-refractivity contribution is -0.167. The highest BCUT2D eigenvalue weighted by Crippen LogP contribution is 2.29. The van der Waals surface area contributed by atoms with E-state index in [1.165, 1.54) is 93.0 Å². The lowest BCUT2D eigenvalue weighted by Gasteiger charge is -2.39. The number of aliphatic hydroxyl groups is 4. The van der Waals surface area contributed by atoms with Crippen molar-refractivity contribution in [2.45, 2.75) is 194 Å². The number of cyclic esters (lactones) is 1. The van der Waals surface area contributed by atoms with Gasteiger partial charge in [0, 0.05) is 33.0 Å². The maximum Gasteiger partial charge on any atom is 0.329 e. The summed E-state index contributed by atoms with van der Waals surface area (Å²) in [6, 6.07) is -9.66. The van der Waals surface area contributed by atoms with Gasteiger partial charge in [-0.3, -0.25) is 57.5 Å². The number of nitrogens with two attached hydrogens (primary N) is 1. The van der Waals surface area contributed by atoms with Crippen LogP contribution in [0.25, 0.3) is 0 Å². The number of ether oxygens (including phenoxy) is 3. The van der Waals surface area contributed by atoms with E-state index >= 15 is 19.2 Å². The molecule has 0 aromatic heterocycles. The summed E-state index contributed by atoms with van der Waals surface area (Å²) >= 11 is 0. The summed E-state index contributed by atoms with van der Waals surface area (Å²) in [7, 11) is 3.62. The number of piperidine rings is 1. The van der Waals surface area contributed by atoms with Gasteiger partial charge in [-0.25, -0.2) is 4.79 Å². The Hall–Kier alpha value is -9.05. The van der Waals surface area contributed by atoms with Crippen molar-refractivity contribution >= 4 is 76.9 Å². The van der Waals surface area contributed by atoms with E-state index in [0.29, 0.717) is 18.4 Å². The zero-order chi connectivity index (χ0) is 75.1. The van der Waals surface area contributed by atoms with Crippen LogP contribution in [0.3, 0.4) is 0 Å². The molecule has 16 atom stereocenters. The SMILES string of the molecule is C/C=C(/NC(=O)[C@H](NC(=O)CNC(=O)C(C)(O)C(O)/C=C\C(C)=C\C(C)CC)[C@H](C)O)C(=O)N[C@H](C(=O)N[C@H]1C(=O)NC(COC)C(=O)NCC(=O)N[C@@H](C)C(=O)N(C)C([C@H](C)O)C(=O)N[C@@H](Cc2ccc(O)c(OC)c2)C(=O)N2CCCC[C@H]2C(=O)OC1C(C)C)[C@@H](C)[C@@H](C)C(N)=O. The van der Waals surface area contributed by atoms with Crippen molar-refractivity contribution < 1.29 is 102 Å². The lowest BCUT2D eigenvalue weighted by atomic mass is 9.87. The summed E-state index contributed by atoms with van der Waals surface area (Å²) < 4.78 is 16.8. The lowest BCUT2D eigenvalue weighted by Crippen LogP contribution is -2.64. The molecule has 12 amide bonds. The minimum absolute atomic E-state index is 0.00618. The van der Waals surface area contributed by atoms with Crippen molar-refractivity contribution in [3.63, 3.8) is 0 Å². The van der Waals surface area contributed by atoms with Gasteiger partial charge in [-0.1, -0.05) is 83.9 Å². The summed E-state index contributed by atoms with van der Waals surface area (Å²) in [5.41, 5.74) is 3.74. The van der Waals surface area contributed by atoms with Gasteiger partial charge in [0.1, 0.15) is 66.2 Å². The number of nitrogens with one attached hydrogen (secondary N) is 9. The van der Waals surface area contributed by atoms with Gasteiger partial charge in [0.25, 0.3) is 11.8 Å². The molecule has 6 unspecified atom stereocenters. The van der Waals surface area contributed by atoms with E-state index in [-0.39, 0.29) is 36.8 Å². The van der Waals surface area contributed by atoms with Crippen molar-refractivity contribution in [1.29, 1.82) is 0 Å². The number of phenolic OH excluding ortho intramolecular Hbond substituents is 1. The minimum Gasteiger partial charge on any atom is -0.504 e. The number of esters is 1. The fourth-order valence-corrected chi connectivity index (χ4v) is 10.8. The first kappa shape index (κ1) is 84.2. The molecular formula is C66H102N12O21. The van der Waals surface area contributed by atoms with E-state index in [1.807, 2.05) is 19.9 Å². The Bertz CT molecular complexity index is 3170. The predicted octanol–water partition coefficient (Wildman–Crippen LogP) is -3.26. The van der Waals surface area contributed by atoms with Gasteiger partial charge in [0.15, 0.2) is 17.1 Å². The molecule has 0 spiro atoms. The zero-order valence-electron chi connectivity index (χ0n) is 58.9. The highest BCUT2D eigenvalue weighted by atomic mass is 16.5. The topological polar surface area (TPSA) is 492 Å². The summed E-state index contributed by atoms with van der Waals surface area (Å²) in [5.74, 6) is -17.8. The molecule has 0 bridgehead atoms. The number of carbonyl (C=O) groups is 13. The van der Waals surface area contributed by atoms with Gasteiger partial charge >= 0.3 is 5.97 Å². The molecule has 1 aromatic carbocycles. The fraction of sp³-hybridized carbons (Fsp3) is 0.621. The van der Waals surface area contributed by atoms with Crippen LogP contribution in [0.4, 0.5) is 0 Å². The molecule has 33 heteroatoms. The van der Waals surface area contributed by atoms with E-state index in [2.05, 4.69) is 47.9 Å². The molecule has 0 aliphatic carbocycles. The van der Waals surface area contributed by atoms with E-state index in [4.69, 9.17) is 19.9 Å². The maximum absolute atomic E-state index is 15.2. The summed E-state index contributed by atoms with van der Waals surface area (Å²) in [4.78, 5) is 186. The van der Waals surface area contributed by atoms with Gasteiger partial charge in [-0.15, -0.1) is 0 Å². The van der Waals surface area contributed by atoms with Crippen LogP contribution in [0.1, 0.15) is 114 Å². The summed E-state index contributed by atoms with van der Waals surface area (Å²) in [5, 5.41) is 75.2. The van der Waals surface area contributed by atoms with E-state index < -0.39 is 198 Å². The minimum atomic E-state index is -2.45. The van der Waals surface area contributed by atoms with Crippen molar-refractivity contribution in [3.05, 3.63) is 59.3 Å². The molecule has 2 heterocycles.